The Morgan fingerprint density at radius 3 is 2.76 bits per heavy atom. The molecule has 17 heavy (non-hydrogen) atoms. The number of anilines is 1. The van der Waals surface area contributed by atoms with Crippen LogP contribution in [0.2, 0.25) is 0 Å². The average Bonchev–Trinajstić information content (AvgIpc) is 3.04. The van der Waals surface area contributed by atoms with Crippen molar-refractivity contribution in [2.75, 3.05) is 18.0 Å². The van der Waals surface area contributed by atoms with Crippen LogP contribution >= 0.6 is 0 Å². The van der Waals surface area contributed by atoms with Gasteiger partial charge in [0.05, 0.1) is 6.10 Å². The summed E-state index contributed by atoms with van der Waals surface area (Å²) in [4.78, 5) is 2.43. The van der Waals surface area contributed by atoms with Crippen molar-refractivity contribution in [3.05, 3.63) is 29.3 Å². The second-order valence-electron chi connectivity index (χ2n) is 5.51. The first-order chi connectivity index (χ1) is 8.17. The molecule has 1 fully saturated rings. The van der Waals surface area contributed by atoms with Gasteiger partial charge in [-0.25, -0.2) is 0 Å². The van der Waals surface area contributed by atoms with Gasteiger partial charge in [0.1, 0.15) is 0 Å². The highest BCUT2D eigenvalue weighted by atomic mass is 16.3. The van der Waals surface area contributed by atoms with Crippen LogP contribution in [0.5, 0.6) is 0 Å². The molecule has 0 bridgehead atoms. The van der Waals surface area contributed by atoms with Gasteiger partial charge in [0, 0.05) is 24.2 Å². The number of fused-ring (bicyclic) bond motifs is 1. The summed E-state index contributed by atoms with van der Waals surface area (Å²) in [7, 11) is 0. The molecule has 1 saturated carbocycles. The summed E-state index contributed by atoms with van der Waals surface area (Å²) in [6, 6.07) is 6.82. The van der Waals surface area contributed by atoms with Gasteiger partial charge in [-0.15, -0.1) is 0 Å². The first-order valence-electron chi connectivity index (χ1n) is 6.74. The molecule has 1 heterocycles. The Morgan fingerprint density at radius 1 is 1.41 bits per heavy atom. The highest BCUT2D eigenvalue weighted by Crippen LogP contribution is 2.51. The first-order valence-corrected chi connectivity index (χ1v) is 6.74. The fourth-order valence-electron chi connectivity index (χ4n) is 3.19. The van der Waals surface area contributed by atoms with Crippen LogP contribution in [-0.2, 0) is 11.8 Å². The van der Waals surface area contributed by atoms with Crippen LogP contribution < -0.4 is 4.90 Å². The summed E-state index contributed by atoms with van der Waals surface area (Å²) >= 11 is 0. The topological polar surface area (TPSA) is 23.5 Å². The van der Waals surface area contributed by atoms with Gasteiger partial charge < -0.3 is 10.0 Å². The molecular formula is C15H21NO. The molecule has 2 nitrogen and oxygen atoms in total. The molecule has 1 N–H and O–H groups in total. The summed E-state index contributed by atoms with van der Waals surface area (Å²) in [5.74, 6) is 0. The number of hydrogen-bond acceptors (Lipinski definition) is 2. The summed E-state index contributed by atoms with van der Waals surface area (Å²) in [5.41, 5.74) is 4.30. The van der Waals surface area contributed by atoms with E-state index in [-0.39, 0.29) is 11.5 Å². The first kappa shape index (κ1) is 11.1. The second-order valence-corrected chi connectivity index (χ2v) is 5.51. The van der Waals surface area contributed by atoms with Crippen LogP contribution in [0.1, 0.15) is 37.8 Å². The maximum absolute atomic E-state index is 9.93. The van der Waals surface area contributed by atoms with E-state index in [1.165, 1.54) is 16.8 Å². The van der Waals surface area contributed by atoms with E-state index in [2.05, 4.69) is 30.0 Å². The molecule has 92 valence electrons. The van der Waals surface area contributed by atoms with Gasteiger partial charge in [0.25, 0.3) is 0 Å². The minimum Gasteiger partial charge on any atom is -0.392 e. The van der Waals surface area contributed by atoms with E-state index >= 15 is 0 Å². The predicted molar refractivity (Wildman–Crippen MR) is 70.6 cm³/mol. The zero-order chi connectivity index (χ0) is 12.0. The van der Waals surface area contributed by atoms with E-state index in [0.717, 1.165) is 32.4 Å². The maximum atomic E-state index is 9.93. The third-order valence-electron chi connectivity index (χ3n) is 4.62. The predicted octanol–water partition coefficient (Wildman–Crippen LogP) is 2.48. The molecule has 1 aliphatic carbocycles. The Labute approximate surface area is 103 Å². The Bertz CT molecular complexity index is 435. The zero-order valence-corrected chi connectivity index (χ0v) is 10.7. The van der Waals surface area contributed by atoms with Crippen LogP contribution in [0.25, 0.3) is 0 Å². The monoisotopic (exact) mass is 231 g/mol. The summed E-state index contributed by atoms with van der Waals surface area (Å²) in [6.45, 7) is 6.38. The van der Waals surface area contributed by atoms with Gasteiger partial charge in [-0.3, -0.25) is 0 Å². The number of likely N-dealkylation sites (N-methyl/N-ethyl adjacent to an activating group) is 1. The minimum atomic E-state index is -0.218. The Morgan fingerprint density at radius 2 is 2.18 bits per heavy atom. The van der Waals surface area contributed by atoms with Crippen molar-refractivity contribution in [2.45, 2.75) is 44.6 Å². The minimum absolute atomic E-state index is 0.0780. The van der Waals surface area contributed by atoms with Crippen molar-refractivity contribution in [3.8, 4) is 0 Å². The lowest BCUT2D eigenvalue weighted by Crippen LogP contribution is -2.22. The van der Waals surface area contributed by atoms with Crippen molar-refractivity contribution in [2.24, 2.45) is 0 Å². The number of nitrogens with zero attached hydrogens (tertiary/aromatic N) is 1. The molecule has 3 rings (SSSR count). The molecule has 2 aliphatic rings. The maximum Gasteiger partial charge on any atom is 0.0608 e. The van der Waals surface area contributed by atoms with Gasteiger partial charge >= 0.3 is 0 Å². The lowest BCUT2D eigenvalue weighted by atomic mass is 9.89. The quantitative estimate of drug-likeness (QED) is 0.864. The number of rotatable bonds is 3. The number of aliphatic hydroxyl groups excluding tert-OH is 1. The smallest absolute Gasteiger partial charge is 0.0608 e. The van der Waals surface area contributed by atoms with Crippen molar-refractivity contribution in [3.63, 3.8) is 0 Å². The molecule has 1 unspecified atom stereocenters. The van der Waals surface area contributed by atoms with Gasteiger partial charge in [0.2, 0.25) is 0 Å². The van der Waals surface area contributed by atoms with Crippen molar-refractivity contribution in [1.82, 2.24) is 0 Å². The van der Waals surface area contributed by atoms with Crippen LogP contribution in [0, 0.1) is 0 Å². The number of aliphatic hydroxyl groups is 1. The molecule has 0 spiro atoms. The van der Waals surface area contributed by atoms with Gasteiger partial charge in [-0.1, -0.05) is 12.1 Å². The zero-order valence-electron chi connectivity index (χ0n) is 10.7. The van der Waals surface area contributed by atoms with Gasteiger partial charge in [0.15, 0.2) is 0 Å². The lowest BCUT2D eigenvalue weighted by Gasteiger charge is -2.21. The van der Waals surface area contributed by atoms with E-state index in [4.69, 9.17) is 0 Å². The fraction of sp³-hybridized carbons (Fsp3) is 0.600. The molecular weight excluding hydrogens is 210 g/mol. The molecule has 2 heteroatoms. The molecule has 1 aliphatic heterocycles. The summed E-state index contributed by atoms with van der Waals surface area (Å²) in [5, 5.41) is 9.93. The number of hydrogen-bond donors (Lipinski definition) is 1. The van der Waals surface area contributed by atoms with Crippen molar-refractivity contribution < 1.29 is 5.11 Å². The van der Waals surface area contributed by atoms with E-state index in [1.54, 1.807) is 0 Å². The molecule has 0 amide bonds. The van der Waals surface area contributed by atoms with Crippen molar-refractivity contribution in [1.29, 1.82) is 0 Å². The molecule has 1 atom stereocenters. The van der Waals surface area contributed by atoms with Gasteiger partial charge in [-0.2, -0.15) is 0 Å². The molecule has 0 aromatic heterocycles. The van der Waals surface area contributed by atoms with Crippen LogP contribution in [-0.4, -0.2) is 24.3 Å². The SMILES string of the molecule is CCN1CCc2cc(C3(C(C)O)CC3)ccc21. The molecule has 1 aromatic carbocycles. The largest absolute Gasteiger partial charge is 0.392 e. The third kappa shape index (κ3) is 1.58. The standard InChI is InChI=1S/C15H21NO/c1-3-16-9-6-12-10-13(4-5-14(12)16)15(7-8-15)11(2)17/h4-5,10-11,17H,3,6-9H2,1-2H3. The van der Waals surface area contributed by atoms with E-state index in [1.807, 2.05) is 6.92 Å². The molecule has 0 saturated heterocycles. The summed E-state index contributed by atoms with van der Waals surface area (Å²) in [6.07, 6.45) is 3.22. The Kier molecular flexibility index (Phi) is 2.44. The van der Waals surface area contributed by atoms with Gasteiger partial charge in [-0.05, 0) is 50.3 Å². The number of benzene rings is 1. The van der Waals surface area contributed by atoms with Crippen LogP contribution in [0.3, 0.4) is 0 Å². The Balaban J connectivity index is 1.96. The van der Waals surface area contributed by atoms with Crippen molar-refractivity contribution >= 4 is 5.69 Å². The highest BCUT2D eigenvalue weighted by molar-refractivity contribution is 5.60. The highest BCUT2D eigenvalue weighted by Gasteiger charge is 2.48. The van der Waals surface area contributed by atoms with E-state index in [9.17, 15) is 5.11 Å². The Hall–Kier alpha value is -1.02. The fourth-order valence-corrected chi connectivity index (χ4v) is 3.19. The third-order valence-corrected chi connectivity index (χ3v) is 4.62. The molecule has 1 aromatic rings. The molecule has 0 radical (unpaired) electrons. The average molecular weight is 231 g/mol. The van der Waals surface area contributed by atoms with Crippen LogP contribution in [0.15, 0.2) is 18.2 Å². The summed E-state index contributed by atoms with van der Waals surface area (Å²) < 4.78 is 0. The van der Waals surface area contributed by atoms with E-state index < -0.39 is 0 Å². The second kappa shape index (κ2) is 3.74. The normalized spacial score (nSPS) is 22.4. The van der Waals surface area contributed by atoms with E-state index in [0.29, 0.717) is 0 Å². The van der Waals surface area contributed by atoms with Crippen LogP contribution in [0.4, 0.5) is 5.69 Å². The lowest BCUT2D eigenvalue weighted by molar-refractivity contribution is 0.150.